The number of nitrogens with zero attached hydrogens (tertiary/aromatic N) is 3. The number of aromatic nitrogens is 4. The van der Waals surface area contributed by atoms with E-state index in [1.807, 2.05) is 61.5 Å². The van der Waals surface area contributed by atoms with Gasteiger partial charge in [-0.15, -0.1) is 11.3 Å². The number of H-pyrrole nitrogens is 1. The number of thiophene rings is 1. The van der Waals surface area contributed by atoms with Crippen LogP contribution in [0, 0.1) is 0 Å². The van der Waals surface area contributed by atoms with Crippen LogP contribution in [0.25, 0.3) is 21.1 Å². The van der Waals surface area contributed by atoms with Crippen molar-refractivity contribution in [1.29, 1.82) is 0 Å². The van der Waals surface area contributed by atoms with Crippen LogP contribution in [0.4, 0.5) is 0 Å². The van der Waals surface area contributed by atoms with Gasteiger partial charge in [-0.25, -0.2) is 9.97 Å². The van der Waals surface area contributed by atoms with Crippen molar-refractivity contribution in [3.05, 3.63) is 97.1 Å². The largest absolute Gasteiger partial charge is 0.309 e. The fourth-order valence-electron chi connectivity index (χ4n) is 4.70. The van der Waals surface area contributed by atoms with E-state index >= 15 is 0 Å². The SMILES string of the molecule is CC(c1ccccc1)n1c(SCc2nc3sc4c(c3c(=O)[nH]2)CCC4)nc2ccccc2c1=O. The highest BCUT2D eigenvalue weighted by atomic mass is 32.2. The Bertz CT molecular complexity index is 1650. The molecule has 0 bridgehead atoms. The summed E-state index contributed by atoms with van der Waals surface area (Å²) < 4.78 is 1.75. The van der Waals surface area contributed by atoms with Crippen LogP contribution < -0.4 is 11.1 Å². The van der Waals surface area contributed by atoms with Crippen molar-refractivity contribution in [2.24, 2.45) is 0 Å². The van der Waals surface area contributed by atoms with Gasteiger partial charge in [0.05, 0.1) is 28.1 Å². The fraction of sp³-hybridized carbons (Fsp3) is 0.231. The topological polar surface area (TPSA) is 80.6 Å². The number of thioether (sulfide) groups is 1. The fourth-order valence-corrected chi connectivity index (χ4v) is 6.92. The predicted molar refractivity (Wildman–Crippen MR) is 138 cm³/mol. The Labute approximate surface area is 203 Å². The number of aryl methyl sites for hydroxylation is 2. The van der Waals surface area contributed by atoms with E-state index < -0.39 is 0 Å². The molecule has 1 aliphatic carbocycles. The second kappa shape index (κ2) is 8.52. The zero-order chi connectivity index (χ0) is 23.2. The third kappa shape index (κ3) is 3.58. The molecule has 0 amide bonds. The van der Waals surface area contributed by atoms with Gasteiger partial charge in [-0.05, 0) is 49.4 Å². The van der Waals surface area contributed by atoms with Crippen LogP contribution in [0.1, 0.15) is 41.2 Å². The Kier molecular flexibility index (Phi) is 5.34. The standard InChI is InChI=1S/C26H22N4O2S2/c1-15(16-8-3-2-4-9-16)30-25(32)17-10-5-6-12-19(17)27-26(30)33-14-21-28-23(31)22-18-11-7-13-20(18)34-24(22)29-21/h2-6,8-10,12,15H,7,11,13-14H2,1H3,(H,28,29,31). The third-order valence-corrected chi connectivity index (χ3v) is 8.56. The monoisotopic (exact) mass is 486 g/mol. The van der Waals surface area contributed by atoms with E-state index in [9.17, 15) is 9.59 Å². The molecule has 0 fully saturated rings. The molecule has 3 aromatic heterocycles. The van der Waals surface area contributed by atoms with Gasteiger partial charge in [0, 0.05) is 4.88 Å². The molecule has 0 saturated carbocycles. The van der Waals surface area contributed by atoms with E-state index in [1.165, 1.54) is 22.2 Å². The first-order valence-electron chi connectivity index (χ1n) is 11.3. The smallest absolute Gasteiger partial charge is 0.262 e. The summed E-state index contributed by atoms with van der Waals surface area (Å²) in [6.45, 7) is 2.01. The highest BCUT2D eigenvalue weighted by Crippen LogP contribution is 2.35. The molecule has 5 aromatic rings. The zero-order valence-corrected chi connectivity index (χ0v) is 20.2. The molecule has 0 saturated heterocycles. The summed E-state index contributed by atoms with van der Waals surface area (Å²) in [7, 11) is 0. The van der Waals surface area contributed by atoms with E-state index in [4.69, 9.17) is 9.97 Å². The van der Waals surface area contributed by atoms with Gasteiger partial charge in [0.1, 0.15) is 10.7 Å². The summed E-state index contributed by atoms with van der Waals surface area (Å²) in [5.41, 5.74) is 2.73. The Morgan fingerprint density at radius 3 is 2.71 bits per heavy atom. The summed E-state index contributed by atoms with van der Waals surface area (Å²) in [4.78, 5) is 41.0. The third-order valence-electron chi connectivity index (χ3n) is 6.41. The molecule has 6 nitrogen and oxygen atoms in total. The van der Waals surface area contributed by atoms with Gasteiger partial charge in [-0.3, -0.25) is 14.2 Å². The Morgan fingerprint density at radius 2 is 1.85 bits per heavy atom. The van der Waals surface area contributed by atoms with Crippen molar-refractivity contribution in [2.75, 3.05) is 0 Å². The number of hydrogen-bond acceptors (Lipinski definition) is 6. The second-order valence-electron chi connectivity index (χ2n) is 8.51. The first-order chi connectivity index (χ1) is 16.6. The number of aromatic amines is 1. The number of hydrogen-bond donors (Lipinski definition) is 1. The van der Waals surface area contributed by atoms with Gasteiger partial charge < -0.3 is 4.98 Å². The molecule has 6 rings (SSSR count). The average molecular weight is 487 g/mol. The minimum absolute atomic E-state index is 0.0680. The first kappa shape index (κ1) is 21.3. The van der Waals surface area contributed by atoms with Crippen molar-refractivity contribution < 1.29 is 0 Å². The maximum absolute atomic E-state index is 13.5. The molecule has 0 radical (unpaired) electrons. The van der Waals surface area contributed by atoms with Crippen molar-refractivity contribution >= 4 is 44.2 Å². The lowest BCUT2D eigenvalue weighted by Crippen LogP contribution is -2.27. The first-order valence-corrected chi connectivity index (χ1v) is 13.1. The van der Waals surface area contributed by atoms with Crippen LogP contribution >= 0.6 is 23.1 Å². The molecule has 3 heterocycles. The number of benzene rings is 2. The molecule has 1 N–H and O–H groups in total. The van der Waals surface area contributed by atoms with Crippen LogP contribution in [0.5, 0.6) is 0 Å². The lowest BCUT2D eigenvalue weighted by molar-refractivity contribution is 0.548. The van der Waals surface area contributed by atoms with Gasteiger partial charge in [-0.1, -0.05) is 54.2 Å². The summed E-state index contributed by atoms with van der Waals surface area (Å²) in [5, 5.41) is 1.96. The molecule has 0 spiro atoms. The summed E-state index contributed by atoms with van der Waals surface area (Å²) in [6, 6.07) is 17.2. The Hall–Kier alpha value is -3.23. The minimum Gasteiger partial charge on any atom is -0.309 e. The number of rotatable bonds is 5. The maximum atomic E-state index is 13.5. The van der Waals surface area contributed by atoms with Crippen molar-refractivity contribution in [2.45, 2.75) is 43.1 Å². The van der Waals surface area contributed by atoms with Gasteiger partial charge in [0.25, 0.3) is 11.1 Å². The van der Waals surface area contributed by atoms with Gasteiger partial charge in [0.2, 0.25) is 0 Å². The molecule has 1 aliphatic rings. The molecule has 0 aliphatic heterocycles. The Morgan fingerprint density at radius 1 is 1.06 bits per heavy atom. The van der Waals surface area contributed by atoms with Gasteiger partial charge in [0.15, 0.2) is 5.16 Å². The molecule has 8 heteroatoms. The molecule has 1 unspecified atom stereocenters. The van der Waals surface area contributed by atoms with Gasteiger partial charge >= 0.3 is 0 Å². The average Bonchev–Trinajstić information content (AvgIpc) is 3.44. The van der Waals surface area contributed by atoms with Crippen LogP contribution in [0.3, 0.4) is 0 Å². The highest BCUT2D eigenvalue weighted by Gasteiger charge is 2.22. The maximum Gasteiger partial charge on any atom is 0.262 e. The normalized spacial score (nSPS) is 14.0. The molecular weight excluding hydrogens is 464 g/mol. The van der Waals surface area contributed by atoms with Crippen molar-refractivity contribution in [3.63, 3.8) is 0 Å². The minimum atomic E-state index is -0.192. The molecule has 2 aromatic carbocycles. The summed E-state index contributed by atoms with van der Waals surface area (Å²) in [6.07, 6.45) is 3.10. The zero-order valence-electron chi connectivity index (χ0n) is 18.6. The number of fused-ring (bicyclic) bond motifs is 4. The van der Waals surface area contributed by atoms with Crippen LogP contribution in [-0.4, -0.2) is 19.5 Å². The lowest BCUT2D eigenvalue weighted by Gasteiger charge is -2.20. The lowest BCUT2D eigenvalue weighted by atomic mass is 10.1. The van der Waals surface area contributed by atoms with E-state index in [0.29, 0.717) is 27.6 Å². The second-order valence-corrected chi connectivity index (χ2v) is 10.5. The van der Waals surface area contributed by atoms with Crippen molar-refractivity contribution in [3.8, 4) is 0 Å². The van der Waals surface area contributed by atoms with Crippen LogP contribution in [-0.2, 0) is 18.6 Å². The van der Waals surface area contributed by atoms with E-state index in [0.717, 1.165) is 35.0 Å². The number of nitrogens with one attached hydrogen (secondary N) is 1. The highest BCUT2D eigenvalue weighted by molar-refractivity contribution is 7.98. The van der Waals surface area contributed by atoms with Crippen LogP contribution in [0.15, 0.2) is 69.3 Å². The molecule has 1 atom stereocenters. The van der Waals surface area contributed by atoms with E-state index in [-0.39, 0.29) is 17.2 Å². The molecule has 170 valence electrons. The van der Waals surface area contributed by atoms with E-state index in [1.54, 1.807) is 15.9 Å². The van der Waals surface area contributed by atoms with E-state index in [2.05, 4.69) is 4.98 Å². The molecular formula is C26H22N4O2S2. The summed E-state index contributed by atoms with van der Waals surface area (Å²) in [5.74, 6) is 1.02. The quantitative estimate of drug-likeness (QED) is 0.277. The number of para-hydroxylation sites is 1. The van der Waals surface area contributed by atoms with Crippen molar-refractivity contribution in [1.82, 2.24) is 19.5 Å². The van der Waals surface area contributed by atoms with Gasteiger partial charge in [-0.2, -0.15) is 0 Å². The summed E-state index contributed by atoms with van der Waals surface area (Å²) >= 11 is 3.06. The predicted octanol–water partition coefficient (Wildman–Crippen LogP) is 5.08. The molecule has 34 heavy (non-hydrogen) atoms. The Balaban J connectivity index is 1.41. The van der Waals surface area contributed by atoms with Crippen LogP contribution in [0.2, 0.25) is 0 Å².